The Bertz CT molecular complexity index is 988. The van der Waals surface area contributed by atoms with Gasteiger partial charge in [0.25, 0.3) is 0 Å². The number of rotatable bonds is 5. The average molecular weight is 498 g/mol. The van der Waals surface area contributed by atoms with E-state index >= 15 is 0 Å². The number of likely N-dealkylation sites (tertiary alicyclic amines) is 1. The van der Waals surface area contributed by atoms with Crippen LogP contribution in [0, 0.1) is 0 Å². The van der Waals surface area contributed by atoms with E-state index in [9.17, 15) is 7.65 Å². The molecule has 0 spiro atoms. The first kappa shape index (κ1) is 18.8. The molecule has 1 aliphatic rings. The topological polar surface area (TPSA) is 91.0 Å². The zero-order valence-corrected chi connectivity index (χ0v) is 17.4. The summed E-state index contributed by atoms with van der Waals surface area (Å²) in [6.07, 6.45) is 4.88. The van der Waals surface area contributed by atoms with Gasteiger partial charge in [-0.05, 0) is 0 Å². The summed E-state index contributed by atoms with van der Waals surface area (Å²) in [6, 6.07) is 5.17. The zero-order valence-electron chi connectivity index (χ0n) is 15.3. The number of methoxy groups -OCH3 is 1. The molecule has 1 aliphatic heterocycles. The van der Waals surface area contributed by atoms with Crippen molar-refractivity contribution in [2.45, 2.75) is 16.9 Å². The number of aryl methyl sites for hydroxylation is 1. The number of pyridine rings is 1. The van der Waals surface area contributed by atoms with Gasteiger partial charge < -0.3 is 0 Å². The number of amides is 1. The van der Waals surface area contributed by atoms with E-state index in [2.05, 4.69) is 20.4 Å². The van der Waals surface area contributed by atoms with Crippen LogP contribution in [0.1, 0.15) is 23.3 Å². The molecular formula is C17H18FIN7O2-. The van der Waals surface area contributed by atoms with Crippen LogP contribution in [-0.4, -0.2) is 58.3 Å². The summed E-state index contributed by atoms with van der Waals surface area (Å²) in [5.74, 6) is 0.213. The molecule has 0 N–H and O–H groups in total. The van der Waals surface area contributed by atoms with Gasteiger partial charge in [-0.25, -0.2) is 0 Å². The van der Waals surface area contributed by atoms with Crippen LogP contribution >= 0.6 is 0 Å². The average Bonchev–Trinajstić information content (AvgIpc) is 3.46. The van der Waals surface area contributed by atoms with Crippen LogP contribution < -0.4 is 26.5 Å². The number of carbonyl (C=O) groups excluding carboxylic acids is 1. The number of hydrogen-bond acceptors (Lipinski definition) is 6. The molecule has 1 fully saturated rings. The quantitative estimate of drug-likeness (QED) is 0.245. The Labute approximate surface area is 171 Å². The van der Waals surface area contributed by atoms with Gasteiger partial charge in [-0.2, -0.15) is 0 Å². The molecule has 3 aromatic heterocycles. The minimum atomic E-state index is -1.53. The molecule has 148 valence electrons. The van der Waals surface area contributed by atoms with Crippen LogP contribution in [0.25, 0.3) is 17.1 Å². The van der Waals surface area contributed by atoms with Gasteiger partial charge in [-0.3, -0.25) is 0 Å². The third-order valence-corrected chi connectivity index (χ3v) is 6.34. The van der Waals surface area contributed by atoms with Crippen LogP contribution in [0.4, 0.5) is 2.86 Å². The van der Waals surface area contributed by atoms with Crippen LogP contribution in [0.3, 0.4) is 0 Å². The Hall–Kier alpha value is -2.57. The van der Waals surface area contributed by atoms with Crippen molar-refractivity contribution >= 4 is 5.91 Å². The summed E-state index contributed by atoms with van der Waals surface area (Å²) in [6.45, 7) is 0.560. The molecule has 28 heavy (non-hydrogen) atoms. The molecule has 0 bridgehead atoms. The van der Waals surface area contributed by atoms with Gasteiger partial charge in [0.15, 0.2) is 0 Å². The van der Waals surface area contributed by atoms with E-state index in [1.807, 2.05) is 0 Å². The maximum atomic E-state index is 13.4. The Kier molecular flexibility index (Phi) is 5.24. The van der Waals surface area contributed by atoms with Crippen molar-refractivity contribution in [1.82, 2.24) is 34.7 Å². The number of nitrogens with zero attached hydrogens (tertiary/aromatic N) is 7. The normalized spacial score (nSPS) is 16.7. The second-order valence-corrected chi connectivity index (χ2v) is 8.23. The second-order valence-electron chi connectivity index (χ2n) is 6.32. The fourth-order valence-corrected chi connectivity index (χ4v) is 4.60. The van der Waals surface area contributed by atoms with E-state index < -0.39 is 21.8 Å². The molecule has 1 atom stereocenters. The Morgan fingerprint density at radius 2 is 2.25 bits per heavy atom. The fourth-order valence-electron chi connectivity index (χ4n) is 3.14. The standard InChI is InChI=1S/C17H18FIN7O2/c1-24-10-13(21-23-24)14-8-12(17(27)25-7-3-4-15(25)19-18)22-26(14)11-5-6-16(28-2)20-9-11/h5-6,8-10,15H,3-4,7H2,1-2H3/q-1/t15-/m0/s1. The summed E-state index contributed by atoms with van der Waals surface area (Å²) < 4.78 is 21.4. The SMILES string of the molecule is COc1ccc(-n2nc(C(=O)N3CCC[C@H]3[I-]F)cc2-c2cn(C)nn2)cn1. The fraction of sp³-hybridized carbons (Fsp3) is 0.353. The Balaban J connectivity index is 1.76. The van der Waals surface area contributed by atoms with Crippen molar-refractivity contribution in [3.8, 4) is 23.0 Å². The van der Waals surface area contributed by atoms with E-state index in [0.717, 1.165) is 12.8 Å². The Morgan fingerprint density at radius 3 is 2.89 bits per heavy atom. The number of halogens is 2. The first-order valence-corrected chi connectivity index (χ1v) is 10.7. The van der Waals surface area contributed by atoms with Crippen LogP contribution in [0.2, 0.25) is 0 Å². The number of carbonyl (C=O) groups is 1. The Morgan fingerprint density at radius 1 is 1.39 bits per heavy atom. The van der Waals surface area contributed by atoms with Crippen LogP contribution in [0.15, 0.2) is 30.6 Å². The predicted octanol–water partition coefficient (Wildman–Crippen LogP) is -1.39. The van der Waals surface area contributed by atoms with Crippen molar-refractivity contribution in [3.63, 3.8) is 0 Å². The molecule has 0 aromatic carbocycles. The van der Waals surface area contributed by atoms with Gasteiger partial charge in [0.2, 0.25) is 0 Å². The molecule has 1 saturated heterocycles. The molecule has 4 rings (SSSR count). The summed E-state index contributed by atoms with van der Waals surface area (Å²) in [5, 5.41) is 12.6. The third kappa shape index (κ3) is 3.45. The van der Waals surface area contributed by atoms with Gasteiger partial charge in [0.1, 0.15) is 0 Å². The summed E-state index contributed by atoms with van der Waals surface area (Å²) in [4.78, 5) is 18.8. The van der Waals surface area contributed by atoms with Crippen molar-refractivity contribution < 1.29 is 34.2 Å². The minimum absolute atomic E-state index is 0.251. The molecule has 0 aliphatic carbocycles. The van der Waals surface area contributed by atoms with E-state index in [1.165, 1.54) is 7.11 Å². The number of hydrogen-bond donors (Lipinski definition) is 0. The molecule has 11 heteroatoms. The van der Waals surface area contributed by atoms with Gasteiger partial charge in [0.05, 0.1) is 0 Å². The molecule has 4 heterocycles. The molecule has 3 aromatic rings. The second kappa shape index (κ2) is 7.81. The van der Waals surface area contributed by atoms with Crippen molar-refractivity contribution in [1.29, 1.82) is 0 Å². The van der Waals surface area contributed by atoms with Crippen molar-refractivity contribution in [3.05, 3.63) is 36.3 Å². The maximum absolute atomic E-state index is 13.4. The van der Waals surface area contributed by atoms with Gasteiger partial charge >= 0.3 is 172 Å². The molecule has 0 saturated carbocycles. The van der Waals surface area contributed by atoms with Gasteiger partial charge in [0, 0.05) is 0 Å². The first-order valence-electron chi connectivity index (χ1n) is 8.63. The van der Waals surface area contributed by atoms with Crippen molar-refractivity contribution in [2.75, 3.05) is 13.7 Å². The van der Waals surface area contributed by atoms with E-state index in [4.69, 9.17) is 4.74 Å². The van der Waals surface area contributed by atoms with Crippen LogP contribution in [0.5, 0.6) is 5.88 Å². The number of alkyl halides is 1. The number of ether oxygens (including phenoxy) is 1. The van der Waals surface area contributed by atoms with E-state index in [0.29, 0.717) is 29.5 Å². The van der Waals surface area contributed by atoms with E-state index in [-0.39, 0.29) is 15.6 Å². The molecular weight excluding hydrogens is 480 g/mol. The molecule has 1 amide bonds. The molecule has 0 unspecified atom stereocenters. The number of aromatic nitrogens is 6. The summed E-state index contributed by atoms with van der Waals surface area (Å²) in [5.41, 5.74) is 2.08. The third-order valence-electron chi connectivity index (χ3n) is 4.50. The monoisotopic (exact) mass is 498 g/mol. The van der Waals surface area contributed by atoms with Crippen molar-refractivity contribution in [2.24, 2.45) is 7.05 Å². The molecule has 0 radical (unpaired) electrons. The zero-order chi connectivity index (χ0) is 19.7. The van der Waals surface area contributed by atoms with Gasteiger partial charge in [-0.15, -0.1) is 0 Å². The first-order chi connectivity index (χ1) is 13.6. The predicted molar refractivity (Wildman–Crippen MR) is 93.1 cm³/mol. The van der Waals surface area contributed by atoms with Crippen LogP contribution in [-0.2, 0) is 7.05 Å². The summed E-state index contributed by atoms with van der Waals surface area (Å²) in [7, 11) is 3.30. The van der Waals surface area contributed by atoms with Gasteiger partial charge in [-0.1, -0.05) is 0 Å². The summed E-state index contributed by atoms with van der Waals surface area (Å²) >= 11 is -1.53. The molecule has 9 nitrogen and oxygen atoms in total. The van der Waals surface area contributed by atoms with E-state index in [1.54, 1.807) is 51.9 Å².